The van der Waals surface area contributed by atoms with Crippen LogP contribution in [-0.2, 0) is 0 Å². The fourth-order valence-corrected chi connectivity index (χ4v) is 2.67. The Morgan fingerprint density at radius 2 is 2.05 bits per heavy atom. The van der Waals surface area contributed by atoms with Crippen molar-refractivity contribution in [3.8, 4) is 0 Å². The minimum atomic E-state index is -4.26. The molecule has 0 saturated heterocycles. The van der Waals surface area contributed by atoms with Gasteiger partial charge in [-0.1, -0.05) is 6.42 Å². The van der Waals surface area contributed by atoms with Crippen molar-refractivity contribution in [2.24, 2.45) is 11.8 Å². The molecule has 1 heterocycles. The number of aliphatic hydroxyl groups excluding tert-OH is 1. The summed E-state index contributed by atoms with van der Waals surface area (Å²) in [5.74, 6) is -3.58. The summed E-state index contributed by atoms with van der Waals surface area (Å²) in [6, 6.07) is 2.48. The van der Waals surface area contributed by atoms with Crippen LogP contribution in [0.15, 0.2) is 16.5 Å². The molecule has 1 aliphatic carbocycles. The monoisotopic (exact) mass is 292 g/mol. The highest BCUT2D eigenvalue weighted by molar-refractivity contribution is 5.84. The minimum absolute atomic E-state index is 0.00947. The van der Waals surface area contributed by atoms with Crippen LogP contribution in [0, 0.1) is 11.8 Å². The van der Waals surface area contributed by atoms with Crippen LogP contribution >= 0.6 is 0 Å². The molecule has 7 heteroatoms. The number of carbonyl (C=O) groups is 1. The standard InChI is InChI=1S/C13H15F3O4/c14-13(15,16)8-3-1-2-7(6-8)11(17)9-4-5-10(20-9)12(18)19/h4-5,7-8,11,17H,1-3,6H2,(H,18,19). The topological polar surface area (TPSA) is 70.7 Å². The number of hydrogen-bond acceptors (Lipinski definition) is 3. The Morgan fingerprint density at radius 1 is 1.35 bits per heavy atom. The van der Waals surface area contributed by atoms with Crippen molar-refractivity contribution in [1.29, 1.82) is 0 Å². The van der Waals surface area contributed by atoms with E-state index in [1.165, 1.54) is 12.1 Å². The van der Waals surface area contributed by atoms with Gasteiger partial charge in [-0.25, -0.2) is 4.79 Å². The smallest absolute Gasteiger partial charge is 0.391 e. The lowest BCUT2D eigenvalue weighted by Crippen LogP contribution is -2.31. The van der Waals surface area contributed by atoms with E-state index in [4.69, 9.17) is 9.52 Å². The number of alkyl halides is 3. The van der Waals surface area contributed by atoms with Gasteiger partial charge in [-0.05, 0) is 37.3 Å². The Labute approximate surface area is 113 Å². The van der Waals surface area contributed by atoms with Gasteiger partial charge in [0.1, 0.15) is 11.9 Å². The van der Waals surface area contributed by atoms with Crippen molar-refractivity contribution in [2.75, 3.05) is 0 Å². The van der Waals surface area contributed by atoms with Crippen LogP contribution in [-0.4, -0.2) is 22.4 Å². The van der Waals surface area contributed by atoms with Crippen LogP contribution in [0.2, 0.25) is 0 Å². The molecule has 2 N–H and O–H groups in total. The molecule has 0 aliphatic heterocycles. The molecule has 0 bridgehead atoms. The quantitative estimate of drug-likeness (QED) is 0.896. The molecule has 3 atom stereocenters. The molecule has 1 aromatic rings. The predicted molar refractivity (Wildman–Crippen MR) is 62.1 cm³/mol. The summed E-state index contributed by atoms with van der Waals surface area (Å²) in [5.41, 5.74) is 0. The highest BCUT2D eigenvalue weighted by atomic mass is 19.4. The Morgan fingerprint density at radius 3 is 2.60 bits per heavy atom. The first-order chi connectivity index (χ1) is 9.29. The van der Waals surface area contributed by atoms with Crippen molar-refractivity contribution in [1.82, 2.24) is 0 Å². The van der Waals surface area contributed by atoms with E-state index in [2.05, 4.69) is 0 Å². The first kappa shape index (κ1) is 14.9. The maximum Gasteiger partial charge on any atom is 0.391 e. The fourth-order valence-electron chi connectivity index (χ4n) is 2.67. The van der Waals surface area contributed by atoms with E-state index in [0.29, 0.717) is 12.8 Å². The zero-order valence-corrected chi connectivity index (χ0v) is 10.6. The molecule has 1 saturated carbocycles. The van der Waals surface area contributed by atoms with E-state index < -0.39 is 30.1 Å². The van der Waals surface area contributed by atoms with Gasteiger partial charge >= 0.3 is 12.1 Å². The van der Waals surface area contributed by atoms with Gasteiger partial charge in [-0.3, -0.25) is 0 Å². The van der Waals surface area contributed by atoms with Gasteiger partial charge in [0.05, 0.1) is 5.92 Å². The summed E-state index contributed by atoms with van der Waals surface area (Å²) in [6.07, 6.45) is -4.68. The number of aliphatic hydroxyl groups is 1. The van der Waals surface area contributed by atoms with Crippen LogP contribution in [0.3, 0.4) is 0 Å². The molecular weight excluding hydrogens is 277 g/mol. The Kier molecular flexibility index (Phi) is 4.08. The number of aromatic carboxylic acids is 1. The van der Waals surface area contributed by atoms with Gasteiger partial charge in [-0.2, -0.15) is 13.2 Å². The lowest BCUT2D eigenvalue weighted by Gasteiger charge is -2.32. The second kappa shape index (κ2) is 5.47. The SMILES string of the molecule is O=C(O)c1ccc(C(O)C2CCCC(C(F)(F)F)C2)o1. The third-order valence-electron chi connectivity index (χ3n) is 3.75. The Bertz CT molecular complexity index is 480. The molecule has 1 fully saturated rings. The second-order valence-electron chi connectivity index (χ2n) is 5.12. The second-order valence-corrected chi connectivity index (χ2v) is 5.12. The maximum absolute atomic E-state index is 12.7. The largest absolute Gasteiger partial charge is 0.475 e. The molecule has 3 unspecified atom stereocenters. The van der Waals surface area contributed by atoms with Crippen LogP contribution in [0.5, 0.6) is 0 Å². The number of carboxylic acids is 1. The van der Waals surface area contributed by atoms with E-state index >= 15 is 0 Å². The zero-order valence-electron chi connectivity index (χ0n) is 10.6. The van der Waals surface area contributed by atoms with Crippen LogP contribution in [0.25, 0.3) is 0 Å². The van der Waals surface area contributed by atoms with Crippen molar-refractivity contribution in [3.05, 3.63) is 23.7 Å². The van der Waals surface area contributed by atoms with Gasteiger partial charge in [0, 0.05) is 0 Å². The lowest BCUT2D eigenvalue weighted by molar-refractivity contribution is -0.189. The number of halogens is 3. The molecule has 1 aliphatic rings. The van der Waals surface area contributed by atoms with E-state index in [9.17, 15) is 23.1 Å². The highest BCUT2D eigenvalue weighted by Gasteiger charge is 2.44. The molecule has 112 valence electrons. The summed E-state index contributed by atoms with van der Waals surface area (Å²) in [5, 5.41) is 18.8. The highest BCUT2D eigenvalue weighted by Crippen LogP contribution is 2.44. The first-order valence-electron chi connectivity index (χ1n) is 6.37. The Balaban J connectivity index is 2.08. The predicted octanol–water partition coefficient (Wildman–Crippen LogP) is 3.38. The maximum atomic E-state index is 12.7. The molecule has 2 rings (SSSR count). The van der Waals surface area contributed by atoms with E-state index in [1.54, 1.807) is 0 Å². The summed E-state index contributed by atoms with van der Waals surface area (Å²) < 4.78 is 43.1. The van der Waals surface area contributed by atoms with Crippen LogP contribution in [0.4, 0.5) is 13.2 Å². The molecule has 20 heavy (non-hydrogen) atoms. The number of rotatable bonds is 3. The van der Waals surface area contributed by atoms with Crippen molar-refractivity contribution >= 4 is 5.97 Å². The van der Waals surface area contributed by atoms with Gasteiger partial charge in [-0.15, -0.1) is 0 Å². The van der Waals surface area contributed by atoms with E-state index in [0.717, 1.165) is 0 Å². The summed E-state index contributed by atoms with van der Waals surface area (Å²) in [7, 11) is 0. The zero-order chi connectivity index (χ0) is 14.9. The van der Waals surface area contributed by atoms with Crippen molar-refractivity contribution < 1.29 is 32.6 Å². The third-order valence-corrected chi connectivity index (χ3v) is 3.75. The Hall–Kier alpha value is -1.50. The van der Waals surface area contributed by atoms with Crippen LogP contribution in [0.1, 0.15) is 48.1 Å². The van der Waals surface area contributed by atoms with E-state index in [1.807, 2.05) is 0 Å². The number of furan rings is 1. The summed E-state index contributed by atoms with van der Waals surface area (Å²) in [6.45, 7) is 0. The summed E-state index contributed by atoms with van der Waals surface area (Å²) >= 11 is 0. The number of carboxylic acid groups (broad SMARTS) is 1. The van der Waals surface area contributed by atoms with Crippen molar-refractivity contribution in [3.63, 3.8) is 0 Å². The number of hydrogen-bond donors (Lipinski definition) is 2. The third kappa shape index (κ3) is 3.15. The molecular formula is C13H15F3O4. The van der Waals surface area contributed by atoms with Crippen LogP contribution < -0.4 is 0 Å². The summed E-state index contributed by atoms with van der Waals surface area (Å²) in [4.78, 5) is 10.7. The molecule has 4 nitrogen and oxygen atoms in total. The lowest BCUT2D eigenvalue weighted by atomic mass is 9.78. The average Bonchev–Trinajstić information content (AvgIpc) is 2.87. The fraction of sp³-hybridized carbons (Fsp3) is 0.615. The average molecular weight is 292 g/mol. The van der Waals surface area contributed by atoms with Gasteiger partial charge in [0.2, 0.25) is 5.76 Å². The minimum Gasteiger partial charge on any atom is -0.475 e. The molecule has 0 spiro atoms. The van der Waals surface area contributed by atoms with Crippen molar-refractivity contribution in [2.45, 2.75) is 38.0 Å². The van der Waals surface area contributed by atoms with Gasteiger partial charge in [0.15, 0.2) is 0 Å². The van der Waals surface area contributed by atoms with E-state index in [-0.39, 0.29) is 24.4 Å². The molecule has 0 amide bonds. The first-order valence-corrected chi connectivity index (χ1v) is 6.37. The molecule has 0 radical (unpaired) electrons. The molecule has 1 aromatic heterocycles. The van der Waals surface area contributed by atoms with Gasteiger partial charge < -0.3 is 14.6 Å². The van der Waals surface area contributed by atoms with Gasteiger partial charge in [0.25, 0.3) is 0 Å². The normalized spacial score (nSPS) is 25.4. The molecule has 0 aromatic carbocycles.